The number of thiophene rings is 1. The molecule has 0 aromatic carbocycles. The highest BCUT2D eigenvalue weighted by Gasteiger charge is 2.15. The van der Waals surface area contributed by atoms with Crippen LogP contribution in [0.3, 0.4) is 0 Å². The third kappa shape index (κ3) is 2.62. The van der Waals surface area contributed by atoms with Crippen molar-refractivity contribution in [1.82, 2.24) is 10.3 Å². The van der Waals surface area contributed by atoms with E-state index in [-0.39, 0.29) is 11.9 Å². The smallest absolute Gasteiger partial charge is 0.141 e. The van der Waals surface area contributed by atoms with E-state index in [1.54, 1.807) is 24.6 Å². The summed E-state index contributed by atoms with van der Waals surface area (Å²) in [5.74, 6) is 0.487. The Morgan fingerprint density at radius 1 is 1.41 bits per heavy atom. The predicted molar refractivity (Wildman–Crippen MR) is 66.0 cm³/mol. The number of ether oxygens (including phenoxy) is 1. The number of halogens is 1. The highest BCUT2D eigenvalue weighted by atomic mass is 32.1. The Hall–Kier alpha value is -1.46. The Balaban J connectivity index is 2.33. The molecule has 0 aliphatic heterocycles. The van der Waals surface area contributed by atoms with Gasteiger partial charge in [0.1, 0.15) is 11.6 Å². The van der Waals surface area contributed by atoms with E-state index in [2.05, 4.69) is 10.3 Å². The van der Waals surface area contributed by atoms with E-state index in [9.17, 15) is 4.39 Å². The number of rotatable bonds is 4. The van der Waals surface area contributed by atoms with Gasteiger partial charge in [-0.3, -0.25) is 4.98 Å². The summed E-state index contributed by atoms with van der Waals surface area (Å²) < 4.78 is 18.3. The summed E-state index contributed by atoms with van der Waals surface area (Å²) in [7, 11) is 3.46. The van der Waals surface area contributed by atoms with Gasteiger partial charge in [0.15, 0.2) is 0 Å². The molecular weight excluding hydrogens is 239 g/mol. The van der Waals surface area contributed by atoms with Crippen LogP contribution in [0.2, 0.25) is 0 Å². The molecule has 0 aliphatic rings. The van der Waals surface area contributed by atoms with E-state index in [1.165, 1.54) is 12.3 Å². The summed E-state index contributed by atoms with van der Waals surface area (Å²) in [6, 6.07) is 3.36. The molecule has 0 saturated heterocycles. The minimum absolute atomic E-state index is 0.0629. The van der Waals surface area contributed by atoms with Gasteiger partial charge in [-0.1, -0.05) is 0 Å². The summed E-state index contributed by atoms with van der Waals surface area (Å²) in [4.78, 5) is 4.93. The topological polar surface area (TPSA) is 34.2 Å². The van der Waals surface area contributed by atoms with Gasteiger partial charge in [0.05, 0.1) is 19.3 Å². The molecule has 1 unspecified atom stereocenters. The van der Waals surface area contributed by atoms with Crippen LogP contribution in [0.5, 0.6) is 5.75 Å². The lowest BCUT2D eigenvalue weighted by atomic mass is 10.1. The second-order valence-electron chi connectivity index (χ2n) is 3.55. The van der Waals surface area contributed by atoms with Gasteiger partial charge >= 0.3 is 0 Å². The maximum atomic E-state index is 13.1. The maximum Gasteiger partial charge on any atom is 0.141 e. The Morgan fingerprint density at radius 3 is 2.82 bits per heavy atom. The van der Waals surface area contributed by atoms with Crippen molar-refractivity contribution in [1.29, 1.82) is 0 Å². The number of hydrogen-bond donors (Lipinski definition) is 1. The van der Waals surface area contributed by atoms with Crippen LogP contribution in [0.25, 0.3) is 0 Å². The molecule has 0 fully saturated rings. The normalized spacial score (nSPS) is 12.4. The molecule has 90 valence electrons. The molecule has 2 aromatic rings. The summed E-state index contributed by atoms with van der Waals surface area (Å²) >= 11 is 1.57. The number of aromatic nitrogens is 1. The largest absolute Gasteiger partial charge is 0.496 e. The second kappa shape index (κ2) is 5.25. The van der Waals surface area contributed by atoms with Crippen molar-refractivity contribution in [3.05, 3.63) is 46.2 Å². The van der Waals surface area contributed by atoms with Gasteiger partial charge < -0.3 is 10.1 Å². The van der Waals surface area contributed by atoms with Crippen molar-refractivity contribution in [3.63, 3.8) is 0 Å². The van der Waals surface area contributed by atoms with Crippen molar-refractivity contribution in [2.24, 2.45) is 0 Å². The van der Waals surface area contributed by atoms with Crippen LogP contribution in [-0.4, -0.2) is 19.1 Å². The van der Waals surface area contributed by atoms with Gasteiger partial charge in [-0.2, -0.15) is 0 Å². The van der Waals surface area contributed by atoms with E-state index in [0.717, 1.165) is 16.2 Å². The number of methoxy groups -OCH3 is 1. The lowest BCUT2D eigenvalue weighted by molar-refractivity contribution is 0.416. The quantitative estimate of drug-likeness (QED) is 0.908. The van der Waals surface area contributed by atoms with Crippen LogP contribution in [0.4, 0.5) is 4.39 Å². The minimum Gasteiger partial charge on any atom is -0.496 e. The van der Waals surface area contributed by atoms with Gasteiger partial charge in [-0.15, -0.1) is 11.3 Å². The molecule has 2 heterocycles. The number of nitrogens with zero attached hydrogens (tertiary/aromatic N) is 1. The minimum atomic E-state index is -0.328. The number of hydrogen-bond acceptors (Lipinski definition) is 4. The third-order valence-corrected chi connectivity index (χ3v) is 3.44. The van der Waals surface area contributed by atoms with Crippen molar-refractivity contribution in [3.8, 4) is 5.75 Å². The summed E-state index contributed by atoms with van der Waals surface area (Å²) in [5.41, 5.74) is 0.803. The molecule has 0 spiro atoms. The monoisotopic (exact) mass is 252 g/mol. The molecular formula is C12H13FN2OS. The Bertz CT molecular complexity index is 501. The first kappa shape index (κ1) is 12.0. The van der Waals surface area contributed by atoms with Crippen LogP contribution in [0, 0.1) is 5.82 Å². The average Bonchev–Trinajstić information content (AvgIpc) is 2.79. The fourth-order valence-electron chi connectivity index (χ4n) is 1.65. The van der Waals surface area contributed by atoms with Crippen LogP contribution >= 0.6 is 11.3 Å². The molecule has 0 saturated carbocycles. The Kier molecular flexibility index (Phi) is 3.71. The molecule has 5 heteroatoms. The van der Waals surface area contributed by atoms with Gasteiger partial charge in [0.2, 0.25) is 0 Å². The first-order valence-electron chi connectivity index (χ1n) is 5.14. The van der Waals surface area contributed by atoms with Gasteiger partial charge in [-0.25, -0.2) is 4.39 Å². The zero-order chi connectivity index (χ0) is 12.3. The number of nitrogens with one attached hydrogen (secondary N) is 1. The molecule has 0 amide bonds. The molecule has 0 radical (unpaired) electrons. The predicted octanol–water partition coefficient (Wildman–Crippen LogP) is 2.60. The van der Waals surface area contributed by atoms with Crippen molar-refractivity contribution < 1.29 is 9.13 Å². The first-order valence-corrected chi connectivity index (χ1v) is 6.02. The molecule has 3 nitrogen and oxygen atoms in total. The van der Waals surface area contributed by atoms with E-state index < -0.39 is 0 Å². The van der Waals surface area contributed by atoms with Crippen molar-refractivity contribution >= 4 is 11.3 Å². The third-order valence-electron chi connectivity index (χ3n) is 2.46. The number of pyridine rings is 1. The second-order valence-corrected chi connectivity index (χ2v) is 4.49. The van der Waals surface area contributed by atoms with Crippen LogP contribution in [0.15, 0.2) is 29.9 Å². The summed E-state index contributed by atoms with van der Waals surface area (Å²) in [5, 5.41) is 5.07. The van der Waals surface area contributed by atoms with Gasteiger partial charge in [0, 0.05) is 16.5 Å². The molecule has 2 aromatic heterocycles. The highest BCUT2D eigenvalue weighted by molar-refractivity contribution is 7.10. The highest BCUT2D eigenvalue weighted by Crippen LogP contribution is 2.30. The maximum absolute atomic E-state index is 13.1. The molecule has 1 N–H and O–H groups in total. The molecule has 17 heavy (non-hydrogen) atoms. The zero-order valence-corrected chi connectivity index (χ0v) is 10.4. The molecule has 1 atom stereocenters. The summed E-state index contributed by atoms with van der Waals surface area (Å²) in [6.45, 7) is 0. The van der Waals surface area contributed by atoms with Crippen molar-refractivity contribution in [2.45, 2.75) is 6.04 Å². The van der Waals surface area contributed by atoms with E-state index in [1.807, 2.05) is 18.5 Å². The van der Waals surface area contributed by atoms with Crippen LogP contribution in [0.1, 0.15) is 16.5 Å². The molecule has 0 bridgehead atoms. The Morgan fingerprint density at radius 2 is 2.24 bits per heavy atom. The Labute approximate surface area is 103 Å². The van der Waals surface area contributed by atoms with Crippen LogP contribution in [-0.2, 0) is 0 Å². The van der Waals surface area contributed by atoms with Gasteiger partial charge in [-0.05, 0) is 24.7 Å². The van der Waals surface area contributed by atoms with Crippen LogP contribution < -0.4 is 10.1 Å². The lowest BCUT2D eigenvalue weighted by Gasteiger charge is -2.14. The summed E-state index contributed by atoms with van der Waals surface area (Å²) in [6.07, 6.45) is 2.86. The molecule has 0 aliphatic carbocycles. The van der Waals surface area contributed by atoms with E-state index >= 15 is 0 Å². The standard InChI is InChI=1S/C12H13FN2OS/c1-14-12(8-3-9(13)6-15-5-8)11-4-10(16-2)7-17-11/h3-7,12,14H,1-2H3. The fourth-order valence-corrected chi connectivity index (χ4v) is 2.64. The SMILES string of the molecule is CNC(c1cncc(F)c1)c1cc(OC)cs1. The first-order chi connectivity index (χ1) is 8.24. The van der Waals surface area contributed by atoms with E-state index in [4.69, 9.17) is 4.74 Å². The van der Waals surface area contributed by atoms with E-state index in [0.29, 0.717) is 0 Å². The van der Waals surface area contributed by atoms with Crippen molar-refractivity contribution in [2.75, 3.05) is 14.2 Å². The average molecular weight is 252 g/mol. The zero-order valence-electron chi connectivity index (χ0n) is 9.61. The molecule has 2 rings (SSSR count). The fraction of sp³-hybridized carbons (Fsp3) is 0.250. The lowest BCUT2D eigenvalue weighted by Crippen LogP contribution is -2.16. The van der Waals surface area contributed by atoms with Gasteiger partial charge in [0.25, 0.3) is 0 Å².